The van der Waals surface area contributed by atoms with Crippen molar-refractivity contribution in [2.45, 2.75) is 0 Å². The number of benzene rings is 8. The van der Waals surface area contributed by atoms with Gasteiger partial charge in [-0.25, -0.2) is 0 Å². The molecule has 0 amide bonds. The first kappa shape index (κ1) is 10.8. The van der Waals surface area contributed by atoms with Crippen molar-refractivity contribution in [1.82, 2.24) is 0 Å². The van der Waals surface area contributed by atoms with Crippen LogP contribution in [0.5, 0.6) is 0 Å². The molecule has 0 spiro atoms. The van der Waals surface area contributed by atoms with E-state index in [4.69, 9.17) is 0 Å². The predicted molar refractivity (Wildman–Crippen MR) is 96.3 cm³/mol. The summed E-state index contributed by atoms with van der Waals surface area (Å²) < 4.78 is 0. The van der Waals surface area contributed by atoms with Crippen LogP contribution < -0.4 is 0 Å². The van der Waals surface area contributed by atoms with Crippen LogP contribution >= 0.6 is 0 Å². The Bertz CT molecular complexity index is 1160. The Hall–Kier alpha value is -2.86. The first-order chi connectivity index (χ1) is 10.9. The van der Waals surface area contributed by atoms with Gasteiger partial charge in [-0.15, -0.1) is 0 Å². The van der Waals surface area contributed by atoms with Crippen LogP contribution in [0.3, 0.4) is 0 Å². The first-order valence-corrected chi connectivity index (χ1v) is 7.72. The van der Waals surface area contributed by atoms with Gasteiger partial charge in [-0.1, -0.05) is 72.8 Å². The van der Waals surface area contributed by atoms with E-state index in [1.54, 1.807) is 0 Å². The number of rotatable bonds is 0. The zero-order valence-corrected chi connectivity index (χ0v) is 11.9. The summed E-state index contributed by atoms with van der Waals surface area (Å²) in [6.45, 7) is 0. The highest BCUT2D eigenvalue weighted by Gasteiger charge is 2.15. The van der Waals surface area contributed by atoms with E-state index in [0.717, 1.165) is 0 Å². The van der Waals surface area contributed by atoms with Gasteiger partial charge < -0.3 is 0 Å². The molecule has 8 aromatic rings. The molecule has 0 nitrogen and oxygen atoms in total. The van der Waals surface area contributed by atoms with Gasteiger partial charge in [-0.05, 0) is 53.9 Å². The first-order valence-electron chi connectivity index (χ1n) is 7.72. The quantitative estimate of drug-likeness (QED) is 0.284. The number of hydrogen-bond donors (Lipinski definition) is 0. The molecule has 0 unspecified atom stereocenters. The average Bonchev–Trinajstić information content (AvgIpc) is 2.63. The van der Waals surface area contributed by atoms with Crippen molar-refractivity contribution >= 4 is 53.9 Å². The molecule has 0 saturated carbocycles. The van der Waals surface area contributed by atoms with Gasteiger partial charge in [0.25, 0.3) is 0 Å². The Kier molecular flexibility index (Phi) is 1.71. The van der Waals surface area contributed by atoms with E-state index < -0.39 is 0 Å². The molecule has 0 atom stereocenters. The Morgan fingerprint density at radius 1 is 0.318 bits per heavy atom. The van der Waals surface area contributed by atoms with Gasteiger partial charge in [0, 0.05) is 0 Å². The standard InChI is InChI=1S/C22H12/c1-2-4-18-17(3-1)19-13-5-9-15(10-6-13)21(19)22-16-11-7-14(8-12-16)20(18)22/h1-12H. The SMILES string of the molecule is c1ccc2c(c1)c1c3ccc(cc3)c1c1c3ccc(cc3)c21. The van der Waals surface area contributed by atoms with Crippen LogP contribution in [0.2, 0.25) is 0 Å². The van der Waals surface area contributed by atoms with E-state index in [1.165, 1.54) is 53.9 Å². The molecule has 0 aliphatic carbocycles. The van der Waals surface area contributed by atoms with Crippen molar-refractivity contribution in [2.75, 3.05) is 0 Å². The highest BCUT2D eigenvalue weighted by atomic mass is 14.2. The summed E-state index contributed by atoms with van der Waals surface area (Å²) in [6, 6.07) is 26.9. The zero-order valence-electron chi connectivity index (χ0n) is 11.9. The predicted octanol–water partition coefficient (Wildman–Crippen LogP) is 6.33. The van der Waals surface area contributed by atoms with Crippen molar-refractivity contribution in [2.24, 2.45) is 0 Å². The zero-order chi connectivity index (χ0) is 14.3. The maximum Gasteiger partial charge on any atom is -0.00141 e. The van der Waals surface area contributed by atoms with Crippen LogP contribution in [0.15, 0.2) is 72.8 Å². The van der Waals surface area contributed by atoms with Gasteiger partial charge in [0.1, 0.15) is 0 Å². The van der Waals surface area contributed by atoms with Gasteiger partial charge in [-0.2, -0.15) is 0 Å². The van der Waals surface area contributed by atoms with Crippen LogP contribution in [0.4, 0.5) is 0 Å². The third-order valence-electron chi connectivity index (χ3n) is 5.14. The van der Waals surface area contributed by atoms with Crippen LogP contribution in [0, 0.1) is 0 Å². The normalized spacial score (nSPS) is 12.5. The lowest BCUT2D eigenvalue weighted by atomic mass is 9.86. The lowest BCUT2D eigenvalue weighted by Gasteiger charge is -2.17. The molecule has 0 saturated heterocycles. The summed E-state index contributed by atoms with van der Waals surface area (Å²) in [6.07, 6.45) is 0. The molecule has 8 aromatic carbocycles. The minimum Gasteiger partial charge on any atom is -0.0616 e. The molecule has 0 fully saturated rings. The Morgan fingerprint density at radius 3 is 1.00 bits per heavy atom. The monoisotopic (exact) mass is 276 g/mol. The van der Waals surface area contributed by atoms with E-state index in [0.29, 0.717) is 0 Å². The lowest BCUT2D eigenvalue weighted by molar-refractivity contribution is 1.79. The maximum atomic E-state index is 2.27. The summed E-state index contributed by atoms with van der Waals surface area (Å²) in [5, 5.41) is 13.8. The summed E-state index contributed by atoms with van der Waals surface area (Å²) >= 11 is 0. The molecule has 0 aliphatic rings. The van der Waals surface area contributed by atoms with Crippen LogP contribution in [0.1, 0.15) is 0 Å². The number of fused-ring (bicyclic) bond motifs is 5. The van der Waals surface area contributed by atoms with E-state index in [1.807, 2.05) is 0 Å². The Balaban J connectivity index is 2.19. The number of hydrogen-bond acceptors (Lipinski definition) is 0. The van der Waals surface area contributed by atoms with Crippen molar-refractivity contribution in [3.05, 3.63) is 72.8 Å². The van der Waals surface area contributed by atoms with Gasteiger partial charge in [0.2, 0.25) is 0 Å². The molecule has 0 heterocycles. The molecule has 0 radical (unpaired) electrons. The molecular formula is C22H12. The van der Waals surface area contributed by atoms with E-state index in [2.05, 4.69) is 72.8 Å². The largest absolute Gasteiger partial charge is 0.0616 e. The summed E-state index contributed by atoms with van der Waals surface area (Å²) in [4.78, 5) is 0. The van der Waals surface area contributed by atoms with Crippen LogP contribution in [-0.2, 0) is 0 Å². The molecule has 100 valence electrons. The fourth-order valence-corrected chi connectivity index (χ4v) is 4.22. The molecule has 22 heavy (non-hydrogen) atoms. The van der Waals surface area contributed by atoms with Gasteiger partial charge >= 0.3 is 0 Å². The smallest absolute Gasteiger partial charge is 0.00141 e. The highest BCUT2D eigenvalue weighted by molar-refractivity contribution is 6.39. The molecule has 8 rings (SSSR count). The Labute approximate surface area is 127 Å². The second kappa shape index (κ2) is 3.48. The molecule has 0 N–H and O–H groups in total. The van der Waals surface area contributed by atoms with Crippen LogP contribution in [0.25, 0.3) is 53.9 Å². The minimum atomic E-state index is 1.34. The third-order valence-corrected chi connectivity index (χ3v) is 5.14. The third kappa shape index (κ3) is 1.09. The topological polar surface area (TPSA) is 0 Å². The minimum absolute atomic E-state index is 1.34. The van der Waals surface area contributed by atoms with Crippen molar-refractivity contribution in [1.29, 1.82) is 0 Å². The molecule has 0 aromatic heterocycles. The van der Waals surface area contributed by atoms with E-state index in [9.17, 15) is 0 Å². The fraction of sp³-hybridized carbons (Fsp3) is 0. The fourth-order valence-electron chi connectivity index (χ4n) is 4.22. The maximum absolute atomic E-state index is 2.27. The molecule has 0 aliphatic heterocycles. The highest BCUT2D eigenvalue weighted by Crippen LogP contribution is 2.44. The molecule has 4 bridgehead atoms. The second-order valence-electron chi connectivity index (χ2n) is 6.20. The lowest BCUT2D eigenvalue weighted by Crippen LogP contribution is -1.89. The van der Waals surface area contributed by atoms with E-state index in [-0.39, 0.29) is 0 Å². The average molecular weight is 276 g/mol. The Morgan fingerprint density at radius 2 is 0.636 bits per heavy atom. The van der Waals surface area contributed by atoms with Gasteiger partial charge in [0.15, 0.2) is 0 Å². The molecule has 0 heteroatoms. The van der Waals surface area contributed by atoms with E-state index >= 15 is 0 Å². The van der Waals surface area contributed by atoms with Crippen molar-refractivity contribution in [3.8, 4) is 0 Å². The molecular weight excluding hydrogens is 264 g/mol. The van der Waals surface area contributed by atoms with Gasteiger partial charge in [0.05, 0.1) is 0 Å². The summed E-state index contributed by atoms with van der Waals surface area (Å²) in [5.74, 6) is 0. The van der Waals surface area contributed by atoms with Crippen molar-refractivity contribution < 1.29 is 0 Å². The second-order valence-corrected chi connectivity index (χ2v) is 6.20. The van der Waals surface area contributed by atoms with Crippen LogP contribution in [-0.4, -0.2) is 0 Å². The summed E-state index contributed by atoms with van der Waals surface area (Å²) in [7, 11) is 0. The van der Waals surface area contributed by atoms with Gasteiger partial charge in [-0.3, -0.25) is 0 Å². The van der Waals surface area contributed by atoms with Crippen molar-refractivity contribution in [3.63, 3.8) is 0 Å². The summed E-state index contributed by atoms with van der Waals surface area (Å²) in [5.41, 5.74) is 0.